The lowest BCUT2D eigenvalue weighted by Gasteiger charge is -2.38. The summed E-state index contributed by atoms with van der Waals surface area (Å²) in [5.74, 6) is 0. The van der Waals surface area contributed by atoms with Crippen molar-refractivity contribution in [2.75, 3.05) is 13.2 Å². The minimum atomic E-state index is 0.223. The molecule has 0 N–H and O–H groups in total. The van der Waals surface area contributed by atoms with E-state index in [4.69, 9.17) is 4.74 Å². The quantitative estimate of drug-likeness (QED) is 0.643. The molecule has 1 aromatic carbocycles. The van der Waals surface area contributed by atoms with Crippen LogP contribution in [-0.4, -0.2) is 13.2 Å². The van der Waals surface area contributed by atoms with Gasteiger partial charge in [0.15, 0.2) is 0 Å². The zero-order chi connectivity index (χ0) is 11.2. The van der Waals surface area contributed by atoms with Crippen LogP contribution < -0.4 is 0 Å². The second kappa shape index (κ2) is 3.46. The van der Waals surface area contributed by atoms with Gasteiger partial charge in [-0.2, -0.15) is 0 Å². The van der Waals surface area contributed by atoms with Crippen molar-refractivity contribution in [2.24, 2.45) is 5.41 Å². The molecule has 0 saturated carbocycles. The second-order valence-corrected chi connectivity index (χ2v) is 5.49. The molecule has 0 bridgehead atoms. The fourth-order valence-electron chi connectivity index (χ4n) is 3.01. The fraction of sp³-hybridized carbons (Fsp3) is 0.467. The molecule has 1 aliphatic heterocycles. The molecular weight excluding hydrogens is 196 g/mol. The smallest absolute Gasteiger partial charge is 0.0722 e. The molecule has 1 nitrogen and oxygen atoms in total. The van der Waals surface area contributed by atoms with Gasteiger partial charge in [0.2, 0.25) is 0 Å². The molecular formula is C15H18O. The van der Waals surface area contributed by atoms with Crippen molar-refractivity contribution >= 4 is 5.57 Å². The number of ether oxygens (including phenoxy) is 1. The van der Waals surface area contributed by atoms with Crippen molar-refractivity contribution in [3.05, 3.63) is 41.0 Å². The van der Waals surface area contributed by atoms with Crippen LogP contribution in [-0.2, 0) is 11.2 Å². The van der Waals surface area contributed by atoms with Gasteiger partial charge in [0.05, 0.1) is 13.2 Å². The third kappa shape index (κ3) is 1.42. The third-order valence-corrected chi connectivity index (χ3v) is 3.88. The fourth-order valence-corrected chi connectivity index (χ4v) is 3.01. The lowest BCUT2D eigenvalue weighted by molar-refractivity contribution is 0.0862. The molecule has 1 heterocycles. The molecule has 0 aromatic heterocycles. The van der Waals surface area contributed by atoms with Gasteiger partial charge in [-0.05, 0) is 29.5 Å². The van der Waals surface area contributed by atoms with E-state index in [9.17, 15) is 0 Å². The SMILES string of the molecule is CC1(C)COCC2=C1CCc1ccccc12. The maximum absolute atomic E-state index is 5.75. The zero-order valence-electron chi connectivity index (χ0n) is 10.0. The molecule has 0 unspecified atom stereocenters. The Kier molecular flexibility index (Phi) is 2.18. The summed E-state index contributed by atoms with van der Waals surface area (Å²) in [6.07, 6.45) is 2.40. The van der Waals surface area contributed by atoms with Gasteiger partial charge in [-0.3, -0.25) is 0 Å². The maximum atomic E-state index is 5.75. The number of rotatable bonds is 0. The van der Waals surface area contributed by atoms with Gasteiger partial charge in [-0.1, -0.05) is 43.7 Å². The maximum Gasteiger partial charge on any atom is 0.0722 e. The van der Waals surface area contributed by atoms with Crippen molar-refractivity contribution in [1.29, 1.82) is 0 Å². The standard InChI is InChI=1S/C15H18O/c1-15(2)10-16-9-13-12-6-4-3-5-11(12)7-8-14(13)15/h3-6H,7-10H2,1-2H3. The second-order valence-electron chi connectivity index (χ2n) is 5.49. The summed E-state index contributed by atoms with van der Waals surface area (Å²) in [5, 5.41) is 0. The predicted octanol–water partition coefficient (Wildman–Crippen LogP) is 3.44. The van der Waals surface area contributed by atoms with Crippen LogP contribution in [0.2, 0.25) is 0 Å². The summed E-state index contributed by atoms with van der Waals surface area (Å²) in [4.78, 5) is 0. The highest BCUT2D eigenvalue weighted by atomic mass is 16.5. The first-order chi connectivity index (χ1) is 7.68. The molecule has 84 valence electrons. The van der Waals surface area contributed by atoms with Crippen LogP contribution in [0, 0.1) is 5.41 Å². The average molecular weight is 214 g/mol. The van der Waals surface area contributed by atoms with E-state index in [0.29, 0.717) is 0 Å². The number of aryl methyl sites for hydroxylation is 1. The van der Waals surface area contributed by atoms with E-state index >= 15 is 0 Å². The summed E-state index contributed by atoms with van der Waals surface area (Å²) in [5.41, 5.74) is 6.22. The van der Waals surface area contributed by atoms with Gasteiger partial charge < -0.3 is 4.74 Å². The largest absolute Gasteiger partial charge is 0.376 e. The first kappa shape index (κ1) is 10.1. The van der Waals surface area contributed by atoms with Gasteiger partial charge >= 0.3 is 0 Å². The highest BCUT2D eigenvalue weighted by Crippen LogP contribution is 2.43. The van der Waals surface area contributed by atoms with Gasteiger partial charge in [-0.25, -0.2) is 0 Å². The van der Waals surface area contributed by atoms with Crippen LogP contribution in [0.3, 0.4) is 0 Å². The lowest BCUT2D eigenvalue weighted by Crippen LogP contribution is -2.31. The highest BCUT2D eigenvalue weighted by Gasteiger charge is 2.33. The Morgan fingerprint density at radius 1 is 1.12 bits per heavy atom. The molecule has 0 amide bonds. The van der Waals surface area contributed by atoms with Crippen LogP contribution in [0.15, 0.2) is 29.8 Å². The average Bonchev–Trinajstić information content (AvgIpc) is 2.28. The van der Waals surface area contributed by atoms with Gasteiger partial charge in [0, 0.05) is 5.41 Å². The van der Waals surface area contributed by atoms with E-state index in [1.165, 1.54) is 29.5 Å². The summed E-state index contributed by atoms with van der Waals surface area (Å²) in [7, 11) is 0. The number of fused-ring (bicyclic) bond motifs is 2. The Labute approximate surface area is 97.1 Å². The van der Waals surface area contributed by atoms with Crippen molar-refractivity contribution in [2.45, 2.75) is 26.7 Å². The number of hydrogen-bond acceptors (Lipinski definition) is 1. The number of benzene rings is 1. The third-order valence-electron chi connectivity index (χ3n) is 3.88. The Balaban J connectivity index is 2.17. The molecule has 1 heteroatoms. The molecule has 16 heavy (non-hydrogen) atoms. The van der Waals surface area contributed by atoms with Crippen molar-refractivity contribution in [3.8, 4) is 0 Å². The molecule has 2 aliphatic rings. The van der Waals surface area contributed by atoms with Gasteiger partial charge in [0.1, 0.15) is 0 Å². The minimum Gasteiger partial charge on any atom is -0.376 e. The summed E-state index contributed by atoms with van der Waals surface area (Å²) in [6.45, 7) is 6.27. The van der Waals surface area contributed by atoms with Gasteiger partial charge in [0.25, 0.3) is 0 Å². The topological polar surface area (TPSA) is 9.23 Å². The first-order valence-corrected chi connectivity index (χ1v) is 6.07. The van der Waals surface area contributed by atoms with E-state index in [0.717, 1.165) is 13.2 Å². The van der Waals surface area contributed by atoms with E-state index in [-0.39, 0.29) is 5.41 Å². The Morgan fingerprint density at radius 3 is 2.81 bits per heavy atom. The highest BCUT2D eigenvalue weighted by molar-refractivity contribution is 5.75. The van der Waals surface area contributed by atoms with Crippen molar-refractivity contribution in [3.63, 3.8) is 0 Å². The van der Waals surface area contributed by atoms with Crippen molar-refractivity contribution < 1.29 is 4.74 Å². The molecule has 0 radical (unpaired) electrons. The monoisotopic (exact) mass is 214 g/mol. The predicted molar refractivity (Wildman–Crippen MR) is 66.3 cm³/mol. The van der Waals surface area contributed by atoms with Crippen LogP contribution in [0.1, 0.15) is 31.4 Å². The Hall–Kier alpha value is -1.08. The van der Waals surface area contributed by atoms with E-state index in [1.54, 1.807) is 5.57 Å². The van der Waals surface area contributed by atoms with Gasteiger partial charge in [-0.15, -0.1) is 0 Å². The molecule has 0 saturated heterocycles. The Bertz CT molecular complexity index is 454. The van der Waals surface area contributed by atoms with Crippen LogP contribution in [0.25, 0.3) is 5.57 Å². The lowest BCUT2D eigenvalue weighted by atomic mass is 9.72. The molecule has 0 spiro atoms. The zero-order valence-corrected chi connectivity index (χ0v) is 10.0. The summed E-state index contributed by atoms with van der Waals surface area (Å²) in [6, 6.07) is 8.77. The Morgan fingerprint density at radius 2 is 1.94 bits per heavy atom. The molecule has 0 fully saturated rings. The van der Waals surface area contributed by atoms with E-state index in [1.807, 2.05) is 0 Å². The summed E-state index contributed by atoms with van der Waals surface area (Å²) < 4.78 is 5.75. The molecule has 1 aromatic rings. The van der Waals surface area contributed by atoms with Crippen LogP contribution in [0.5, 0.6) is 0 Å². The minimum absolute atomic E-state index is 0.223. The van der Waals surface area contributed by atoms with E-state index < -0.39 is 0 Å². The molecule has 1 aliphatic carbocycles. The van der Waals surface area contributed by atoms with Crippen molar-refractivity contribution in [1.82, 2.24) is 0 Å². The molecule has 0 atom stereocenters. The van der Waals surface area contributed by atoms with E-state index in [2.05, 4.69) is 38.1 Å². The van der Waals surface area contributed by atoms with Crippen LogP contribution >= 0.6 is 0 Å². The first-order valence-electron chi connectivity index (χ1n) is 6.07. The summed E-state index contributed by atoms with van der Waals surface area (Å²) >= 11 is 0. The van der Waals surface area contributed by atoms with Crippen LogP contribution in [0.4, 0.5) is 0 Å². The normalized spacial score (nSPS) is 22.6. The number of hydrogen-bond donors (Lipinski definition) is 0. The molecule has 3 rings (SSSR count).